The highest BCUT2D eigenvalue weighted by atomic mass is 32.2. The van der Waals surface area contributed by atoms with Gasteiger partial charge in [-0.05, 0) is 19.1 Å². The maximum Gasteiger partial charge on any atom is 0.242 e. The molecule has 1 amide bonds. The molecule has 1 atom stereocenters. The summed E-state index contributed by atoms with van der Waals surface area (Å²) in [6.45, 7) is 1.31. The van der Waals surface area contributed by atoms with E-state index in [0.29, 0.717) is 5.69 Å². The summed E-state index contributed by atoms with van der Waals surface area (Å²) in [6, 6.07) is 8.62. The first-order valence-corrected chi connectivity index (χ1v) is 7.31. The number of hydrogen-bond acceptors (Lipinski definition) is 4. The largest absolute Gasteiger partial charge is 0.392 e. The molecule has 18 heavy (non-hydrogen) atoms. The molecular weight excluding hydrogens is 272 g/mol. The molecular formula is C11H14N2O3S2. The van der Waals surface area contributed by atoms with Crippen molar-refractivity contribution in [3.05, 3.63) is 30.3 Å². The Bertz CT molecular complexity index is 541. The Hall–Kier alpha value is -1.47. The molecule has 98 valence electrons. The Morgan fingerprint density at radius 2 is 1.94 bits per heavy atom. The highest BCUT2D eigenvalue weighted by Crippen LogP contribution is 2.09. The molecule has 0 saturated carbocycles. The lowest BCUT2D eigenvalue weighted by Crippen LogP contribution is -2.37. The summed E-state index contributed by atoms with van der Waals surface area (Å²) in [4.78, 5) is 11.6. The molecule has 0 spiro atoms. The first-order chi connectivity index (χ1) is 8.33. The minimum atomic E-state index is -3.66. The third-order valence-corrected chi connectivity index (χ3v) is 4.62. The van der Waals surface area contributed by atoms with Gasteiger partial charge in [-0.2, -0.15) is 0 Å². The van der Waals surface area contributed by atoms with Crippen LogP contribution in [0.25, 0.3) is 0 Å². The van der Waals surface area contributed by atoms with E-state index < -0.39 is 26.7 Å². The van der Waals surface area contributed by atoms with E-state index >= 15 is 0 Å². The number of nitrogens with one attached hydrogen (secondary N) is 1. The molecule has 0 aliphatic carbocycles. The molecule has 7 heteroatoms. The molecule has 1 unspecified atom stereocenters. The Kier molecular flexibility index (Phi) is 4.80. The zero-order valence-electron chi connectivity index (χ0n) is 9.79. The number of carbonyl (C=O) groups is 1. The van der Waals surface area contributed by atoms with E-state index in [4.69, 9.17) is 5.73 Å². The molecule has 0 radical (unpaired) electrons. The Morgan fingerprint density at radius 3 is 2.44 bits per heavy atom. The highest BCUT2D eigenvalue weighted by molar-refractivity contribution is 7.95. The van der Waals surface area contributed by atoms with Gasteiger partial charge in [0.2, 0.25) is 5.91 Å². The van der Waals surface area contributed by atoms with Crippen LogP contribution in [-0.4, -0.2) is 30.3 Å². The maximum atomic E-state index is 11.8. The van der Waals surface area contributed by atoms with Crippen molar-refractivity contribution in [1.82, 2.24) is 0 Å². The normalized spacial score (nSPS) is 12.7. The molecule has 0 saturated heterocycles. The van der Waals surface area contributed by atoms with E-state index in [1.807, 2.05) is 0 Å². The summed E-state index contributed by atoms with van der Waals surface area (Å²) in [6.07, 6.45) is 0. The highest BCUT2D eigenvalue weighted by Gasteiger charge is 2.28. The van der Waals surface area contributed by atoms with Crippen LogP contribution in [0.15, 0.2) is 30.3 Å². The van der Waals surface area contributed by atoms with E-state index in [1.54, 1.807) is 30.3 Å². The van der Waals surface area contributed by atoms with Gasteiger partial charge in [0, 0.05) is 5.69 Å². The first kappa shape index (κ1) is 14.6. The fraction of sp³-hybridized carbons (Fsp3) is 0.273. The van der Waals surface area contributed by atoms with Crippen LogP contribution in [0.2, 0.25) is 0 Å². The number of sulfone groups is 1. The van der Waals surface area contributed by atoms with Crippen molar-refractivity contribution in [3.63, 3.8) is 0 Å². The van der Waals surface area contributed by atoms with Gasteiger partial charge in [0.15, 0.2) is 9.84 Å². The molecule has 0 heterocycles. The van der Waals surface area contributed by atoms with Crippen LogP contribution in [0.3, 0.4) is 0 Å². The minimum absolute atomic E-state index is 0.144. The molecule has 0 aliphatic rings. The van der Waals surface area contributed by atoms with Crippen LogP contribution >= 0.6 is 12.2 Å². The molecule has 0 bridgehead atoms. The van der Waals surface area contributed by atoms with Crippen molar-refractivity contribution in [2.75, 3.05) is 11.1 Å². The van der Waals surface area contributed by atoms with Crippen LogP contribution in [0.4, 0.5) is 5.69 Å². The number of carbonyl (C=O) groups excluding carboxylic acids is 1. The summed E-state index contributed by atoms with van der Waals surface area (Å²) in [7, 11) is -3.66. The van der Waals surface area contributed by atoms with E-state index in [1.165, 1.54) is 6.92 Å². The van der Waals surface area contributed by atoms with Gasteiger partial charge >= 0.3 is 0 Å². The second-order valence-corrected chi connectivity index (χ2v) is 6.62. The van der Waals surface area contributed by atoms with E-state index in [9.17, 15) is 13.2 Å². The van der Waals surface area contributed by atoms with Crippen molar-refractivity contribution < 1.29 is 13.2 Å². The SMILES string of the molecule is CC(C(=O)Nc1ccccc1)S(=O)(=O)CC(N)=S. The molecule has 1 rings (SSSR count). The summed E-state index contributed by atoms with van der Waals surface area (Å²) in [5.41, 5.74) is 5.73. The average Bonchev–Trinajstić information content (AvgIpc) is 2.27. The van der Waals surface area contributed by atoms with Gasteiger partial charge in [-0.1, -0.05) is 30.4 Å². The number of thiocarbonyl (C=S) groups is 1. The smallest absolute Gasteiger partial charge is 0.242 e. The van der Waals surface area contributed by atoms with Crippen molar-refractivity contribution in [2.24, 2.45) is 5.73 Å². The van der Waals surface area contributed by atoms with Gasteiger partial charge in [-0.3, -0.25) is 4.79 Å². The number of para-hydroxylation sites is 1. The predicted octanol–water partition coefficient (Wildman–Crippen LogP) is 0.714. The Balaban J connectivity index is 2.76. The van der Waals surface area contributed by atoms with Crippen molar-refractivity contribution in [2.45, 2.75) is 12.2 Å². The maximum absolute atomic E-state index is 11.8. The fourth-order valence-electron chi connectivity index (χ4n) is 1.25. The standard InChI is InChI=1S/C11H14N2O3S2/c1-8(18(15,16)7-10(12)17)11(14)13-9-5-3-2-4-6-9/h2-6,8H,7H2,1H3,(H2,12,17)(H,13,14). The van der Waals surface area contributed by atoms with Crippen LogP contribution in [0.5, 0.6) is 0 Å². The van der Waals surface area contributed by atoms with E-state index in [0.717, 1.165) is 0 Å². The van der Waals surface area contributed by atoms with Gasteiger partial charge in [0.05, 0.1) is 4.99 Å². The van der Waals surface area contributed by atoms with Crippen LogP contribution in [-0.2, 0) is 14.6 Å². The number of rotatable bonds is 5. The van der Waals surface area contributed by atoms with Crippen LogP contribution in [0.1, 0.15) is 6.92 Å². The monoisotopic (exact) mass is 286 g/mol. The number of anilines is 1. The van der Waals surface area contributed by atoms with Gasteiger partial charge in [-0.25, -0.2) is 8.42 Å². The predicted molar refractivity (Wildman–Crippen MR) is 75.1 cm³/mol. The third-order valence-electron chi connectivity index (χ3n) is 2.29. The zero-order valence-corrected chi connectivity index (χ0v) is 11.4. The summed E-state index contributed by atoms with van der Waals surface area (Å²) in [5.74, 6) is -1.07. The lowest BCUT2D eigenvalue weighted by molar-refractivity contribution is -0.115. The van der Waals surface area contributed by atoms with Gasteiger partial charge in [-0.15, -0.1) is 0 Å². The Labute approximate surface area is 111 Å². The van der Waals surface area contributed by atoms with Crippen molar-refractivity contribution in [1.29, 1.82) is 0 Å². The summed E-state index contributed by atoms with van der Waals surface area (Å²) >= 11 is 4.55. The number of amides is 1. The number of benzene rings is 1. The molecule has 1 aromatic rings. The second kappa shape index (κ2) is 5.92. The van der Waals surface area contributed by atoms with Crippen molar-refractivity contribution >= 4 is 38.6 Å². The lowest BCUT2D eigenvalue weighted by atomic mass is 10.3. The topological polar surface area (TPSA) is 89.3 Å². The van der Waals surface area contributed by atoms with Gasteiger partial charge in [0.25, 0.3) is 0 Å². The molecule has 0 fully saturated rings. The molecule has 0 aliphatic heterocycles. The third kappa shape index (κ3) is 4.08. The van der Waals surface area contributed by atoms with Crippen LogP contribution in [0, 0.1) is 0 Å². The average molecular weight is 286 g/mol. The molecule has 5 nitrogen and oxygen atoms in total. The van der Waals surface area contributed by atoms with E-state index in [2.05, 4.69) is 17.5 Å². The quantitative estimate of drug-likeness (QED) is 0.778. The summed E-state index contributed by atoms with van der Waals surface area (Å²) in [5, 5.41) is 1.32. The summed E-state index contributed by atoms with van der Waals surface area (Å²) < 4.78 is 23.5. The first-order valence-electron chi connectivity index (χ1n) is 5.18. The molecule has 3 N–H and O–H groups in total. The lowest BCUT2D eigenvalue weighted by Gasteiger charge is -2.12. The number of hydrogen-bond donors (Lipinski definition) is 2. The fourth-order valence-corrected chi connectivity index (χ4v) is 2.78. The van der Waals surface area contributed by atoms with E-state index in [-0.39, 0.29) is 4.99 Å². The van der Waals surface area contributed by atoms with Crippen LogP contribution < -0.4 is 11.1 Å². The van der Waals surface area contributed by atoms with Gasteiger partial charge in [0.1, 0.15) is 11.0 Å². The minimum Gasteiger partial charge on any atom is -0.392 e. The van der Waals surface area contributed by atoms with Crippen molar-refractivity contribution in [3.8, 4) is 0 Å². The number of nitrogens with two attached hydrogens (primary N) is 1. The zero-order chi connectivity index (χ0) is 13.8. The molecule has 0 aromatic heterocycles. The second-order valence-electron chi connectivity index (χ2n) is 3.77. The van der Waals surface area contributed by atoms with Gasteiger partial charge < -0.3 is 11.1 Å². The molecule has 1 aromatic carbocycles. The Morgan fingerprint density at radius 1 is 1.39 bits per heavy atom.